The minimum absolute atomic E-state index is 0.388. The molecule has 84 valence electrons. The molecule has 0 aliphatic carbocycles. The second kappa shape index (κ2) is 3.31. The van der Waals surface area contributed by atoms with Gasteiger partial charge in [0.15, 0.2) is 0 Å². The van der Waals surface area contributed by atoms with E-state index in [1.807, 2.05) is 13.0 Å². The second-order valence-electron chi connectivity index (χ2n) is 4.07. The standard InChI is InChI=1S/C13H10N2O2/c1-9-6-7-12-13(8-9)15(17)11-5-3-2-4-10(11)14(12)16/h2-8H,1H3. The number of aryl methyl sites for hydroxylation is 1. The molecule has 0 fully saturated rings. The van der Waals surface area contributed by atoms with Crippen LogP contribution in [-0.2, 0) is 0 Å². The molecule has 0 saturated carbocycles. The Labute approximate surface area is 96.9 Å². The molecule has 0 spiro atoms. The minimum atomic E-state index is 0.388. The summed E-state index contributed by atoms with van der Waals surface area (Å²) >= 11 is 0. The van der Waals surface area contributed by atoms with E-state index in [0.717, 1.165) is 14.7 Å². The SMILES string of the molecule is Cc1ccc2c(c1)n([O-])c1ccccc1[n+]2=O. The predicted molar refractivity (Wildman–Crippen MR) is 66.3 cm³/mol. The Balaban J connectivity index is 2.68. The minimum Gasteiger partial charge on any atom is -0.805 e. The summed E-state index contributed by atoms with van der Waals surface area (Å²) in [7, 11) is 0. The lowest BCUT2D eigenvalue weighted by Gasteiger charge is -2.14. The molecule has 0 amide bonds. The molecule has 1 heterocycles. The molecule has 4 heteroatoms. The van der Waals surface area contributed by atoms with Crippen molar-refractivity contribution in [2.24, 2.45) is 0 Å². The highest BCUT2D eigenvalue weighted by atomic mass is 16.5. The molecule has 0 unspecified atom stereocenters. The van der Waals surface area contributed by atoms with Crippen LogP contribution in [-0.4, -0.2) is 4.73 Å². The van der Waals surface area contributed by atoms with Gasteiger partial charge in [-0.05, 0) is 24.6 Å². The van der Waals surface area contributed by atoms with E-state index in [2.05, 4.69) is 0 Å². The molecule has 1 aromatic heterocycles. The lowest BCUT2D eigenvalue weighted by Crippen LogP contribution is -2.19. The number of fused-ring (bicyclic) bond motifs is 2. The molecule has 0 atom stereocenters. The number of hydrogen-bond acceptors (Lipinski definition) is 2. The molecular formula is C13H10N2O2. The van der Waals surface area contributed by atoms with E-state index in [9.17, 15) is 10.1 Å². The predicted octanol–water partition coefficient (Wildman–Crippen LogP) is 2.36. The third-order valence-corrected chi connectivity index (χ3v) is 2.89. The summed E-state index contributed by atoms with van der Waals surface area (Å²) in [6, 6.07) is 12.0. The first-order valence-electron chi connectivity index (χ1n) is 5.32. The molecule has 0 aliphatic heterocycles. The molecule has 0 aliphatic rings. The fourth-order valence-electron chi connectivity index (χ4n) is 2.04. The maximum Gasteiger partial charge on any atom is 0.286 e. The van der Waals surface area contributed by atoms with E-state index in [1.54, 1.807) is 36.4 Å². The third-order valence-electron chi connectivity index (χ3n) is 2.89. The summed E-state index contributed by atoms with van der Waals surface area (Å²) in [6.45, 7) is 1.89. The fraction of sp³-hybridized carbons (Fsp3) is 0.0769. The monoisotopic (exact) mass is 226 g/mol. The Bertz CT molecular complexity index is 790. The van der Waals surface area contributed by atoms with Crippen molar-refractivity contribution in [3.8, 4) is 0 Å². The molecular weight excluding hydrogens is 216 g/mol. The molecule has 0 radical (unpaired) electrons. The van der Waals surface area contributed by atoms with Crippen molar-refractivity contribution < 1.29 is 4.43 Å². The van der Waals surface area contributed by atoms with E-state index in [4.69, 9.17) is 0 Å². The summed E-state index contributed by atoms with van der Waals surface area (Å²) in [5.74, 6) is 0. The first-order chi connectivity index (χ1) is 8.18. The van der Waals surface area contributed by atoms with Crippen LogP contribution in [0.2, 0.25) is 0 Å². The van der Waals surface area contributed by atoms with E-state index < -0.39 is 0 Å². The Hall–Kier alpha value is -2.36. The Kier molecular flexibility index (Phi) is 1.92. The molecule has 0 bridgehead atoms. The molecule has 2 aromatic carbocycles. The average Bonchev–Trinajstić information content (AvgIpc) is 2.36. The van der Waals surface area contributed by atoms with Crippen molar-refractivity contribution in [3.63, 3.8) is 0 Å². The Morgan fingerprint density at radius 1 is 1.06 bits per heavy atom. The van der Waals surface area contributed by atoms with Gasteiger partial charge in [0, 0.05) is 17.0 Å². The van der Waals surface area contributed by atoms with Crippen LogP contribution in [0.3, 0.4) is 0 Å². The summed E-state index contributed by atoms with van der Waals surface area (Å²) < 4.78 is 1.62. The lowest BCUT2D eigenvalue weighted by atomic mass is 10.2. The number of nitrogens with zero attached hydrogens (tertiary/aromatic N) is 2. The fourth-order valence-corrected chi connectivity index (χ4v) is 2.04. The van der Waals surface area contributed by atoms with Crippen LogP contribution >= 0.6 is 0 Å². The van der Waals surface area contributed by atoms with Crippen LogP contribution in [0.4, 0.5) is 0 Å². The van der Waals surface area contributed by atoms with Gasteiger partial charge in [0.25, 0.3) is 11.0 Å². The first kappa shape index (κ1) is 9.84. The van der Waals surface area contributed by atoms with Gasteiger partial charge >= 0.3 is 0 Å². The maximum absolute atomic E-state index is 12.2. The van der Waals surface area contributed by atoms with Gasteiger partial charge in [0.05, 0.1) is 4.43 Å². The van der Waals surface area contributed by atoms with Crippen molar-refractivity contribution in [3.05, 3.63) is 58.1 Å². The normalized spacial score (nSPS) is 11.1. The number of benzene rings is 2. The highest BCUT2D eigenvalue weighted by molar-refractivity contribution is 5.83. The van der Waals surface area contributed by atoms with Crippen molar-refractivity contribution in [1.82, 2.24) is 4.73 Å². The zero-order valence-corrected chi connectivity index (χ0v) is 9.25. The van der Waals surface area contributed by atoms with Gasteiger partial charge in [-0.1, -0.05) is 18.2 Å². The quantitative estimate of drug-likeness (QED) is 0.436. The van der Waals surface area contributed by atoms with Crippen molar-refractivity contribution in [2.45, 2.75) is 6.92 Å². The zero-order chi connectivity index (χ0) is 12.0. The second-order valence-corrected chi connectivity index (χ2v) is 4.07. The zero-order valence-electron chi connectivity index (χ0n) is 9.25. The highest BCUT2D eigenvalue weighted by Gasteiger charge is 2.14. The third kappa shape index (κ3) is 1.30. The van der Waals surface area contributed by atoms with Crippen LogP contribution in [0.25, 0.3) is 22.1 Å². The molecule has 0 N–H and O–H groups in total. The lowest BCUT2D eigenvalue weighted by molar-refractivity contribution is -0.432. The van der Waals surface area contributed by atoms with Gasteiger partial charge in [0.2, 0.25) is 0 Å². The van der Waals surface area contributed by atoms with Crippen LogP contribution in [0.1, 0.15) is 5.56 Å². The number of aromatic nitrogens is 2. The van der Waals surface area contributed by atoms with E-state index in [-0.39, 0.29) is 0 Å². The number of hydrogen-bond donors (Lipinski definition) is 0. The first-order valence-corrected chi connectivity index (χ1v) is 5.32. The average molecular weight is 226 g/mol. The Morgan fingerprint density at radius 3 is 2.59 bits per heavy atom. The van der Waals surface area contributed by atoms with E-state index >= 15 is 0 Å². The molecule has 4 nitrogen and oxygen atoms in total. The Morgan fingerprint density at radius 2 is 1.76 bits per heavy atom. The van der Waals surface area contributed by atoms with E-state index in [1.165, 1.54) is 0 Å². The summed E-state index contributed by atoms with van der Waals surface area (Å²) in [6.07, 6.45) is 0. The smallest absolute Gasteiger partial charge is 0.286 e. The van der Waals surface area contributed by atoms with Gasteiger partial charge in [-0.3, -0.25) is 0 Å². The number of para-hydroxylation sites is 2. The van der Waals surface area contributed by atoms with Gasteiger partial charge in [-0.25, -0.2) is 0 Å². The summed E-state index contributed by atoms with van der Waals surface area (Å²) in [4.78, 5) is 12.1. The molecule has 3 rings (SSSR count). The van der Waals surface area contributed by atoms with Crippen molar-refractivity contribution >= 4 is 22.1 Å². The van der Waals surface area contributed by atoms with Crippen molar-refractivity contribution in [1.29, 1.82) is 0 Å². The van der Waals surface area contributed by atoms with Gasteiger partial charge in [-0.2, -0.15) is 0 Å². The number of rotatable bonds is 0. The summed E-state index contributed by atoms with van der Waals surface area (Å²) in [5, 5.41) is 12.2. The van der Waals surface area contributed by atoms with Crippen LogP contribution < -0.4 is 4.43 Å². The van der Waals surface area contributed by atoms with Crippen LogP contribution in [0.15, 0.2) is 42.5 Å². The van der Waals surface area contributed by atoms with Crippen molar-refractivity contribution in [2.75, 3.05) is 0 Å². The molecule has 3 aromatic rings. The topological polar surface area (TPSA) is 51.0 Å². The van der Waals surface area contributed by atoms with Gasteiger partial charge < -0.3 is 9.94 Å². The molecule has 0 saturated heterocycles. The highest BCUT2D eigenvalue weighted by Crippen LogP contribution is 2.17. The van der Waals surface area contributed by atoms with Crippen LogP contribution in [0, 0.1) is 17.0 Å². The molecule has 17 heavy (non-hydrogen) atoms. The van der Waals surface area contributed by atoms with Gasteiger partial charge in [-0.15, -0.1) is 0 Å². The van der Waals surface area contributed by atoms with Gasteiger partial charge in [0.1, 0.15) is 11.0 Å². The van der Waals surface area contributed by atoms with Crippen LogP contribution in [0.5, 0.6) is 0 Å². The summed E-state index contributed by atoms with van der Waals surface area (Å²) in [5.41, 5.74) is 2.53. The van der Waals surface area contributed by atoms with E-state index in [0.29, 0.717) is 22.1 Å². The largest absolute Gasteiger partial charge is 0.805 e. The maximum atomic E-state index is 12.2.